The number of ether oxygens (including phenoxy) is 1. The fourth-order valence-corrected chi connectivity index (χ4v) is 2.00. The molecule has 4 N–H and O–H groups in total. The number of carboxylic acid groups (broad SMARTS) is 1. The summed E-state index contributed by atoms with van der Waals surface area (Å²) in [6.45, 7) is 2.20. The lowest BCUT2D eigenvalue weighted by atomic mass is 9.95. The molecule has 1 aliphatic carbocycles. The summed E-state index contributed by atoms with van der Waals surface area (Å²) in [6, 6.07) is 6.82. The molecule has 2 atom stereocenters. The van der Waals surface area contributed by atoms with Gasteiger partial charge in [0, 0.05) is 5.69 Å². The van der Waals surface area contributed by atoms with Gasteiger partial charge in [-0.2, -0.15) is 0 Å². The zero-order chi connectivity index (χ0) is 14.7. The van der Waals surface area contributed by atoms with E-state index in [0.717, 1.165) is 0 Å². The molecule has 0 spiro atoms. The SMILES string of the molecule is CCOC1=C(Nc2ccc(CC(=O)O)cc2)C(O)C1O. The molecule has 0 saturated carbocycles. The van der Waals surface area contributed by atoms with E-state index in [-0.39, 0.29) is 6.42 Å². The highest BCUT2D eigenvalue weighted by molar-refractivity contribution is 5.70. The van der Waals surface area contributed by atoms with Crippen LogP contribution in [0.2, 0.25) is 0 Å². The number of aliphatic hydroxyl groups is 2. The fraction of sp³-hybridized carbons (Fsp3) is 0.357. The van der Waals surface area contributed by atoms with Gasteiger partial charge in [-0.05, 0) is 24.6 Å². The molecule has 2 unspecified atom stereocenters. The summed E-state index contributed by atoms with van der Waals surface area (Å²) < 4.78 is 5.25. The quantitative estimate of drug-likeness (QED) is 0.612. The molecule has 6 heteroatoms. The van der Waals surface area contributed by atoms with Gasteiger partial charge in [0.05, 0.1) is 18.7 Å². The Morgan fingerprint density at radius 3 is 2.45 bits per heavy atom. The molecule has 0 aromatic heterocycles. The predicted octanol–water partition coefficient (Wildman–Crippen LogP) is 0.709. The van der Waals surface area contributed by atoms with Crippen LogP contribution in [0.4, 0.5) is 5.69 Å². The van der Waals surface area contributed by atoms with Gasteiger partial charge < -0.3 is 25.4 Å². The average Bonchev–Trinajstić information content (AvgIpc) is 2.43. The number of carbonyl (C=O) groups is 1. The van der Waals surface area contributed by atoms with Gasteiger partial charge in [-0.15, -0.1) is 0 Å². The molecule has 1 aromatic carbocycles. The number of benzene rings is 1. The largest absolute Gasteiger partial charge is 0.493 e. The molecule has 20 heavy (non-hydrogen) atoms. The van der Waals surface area contributed by atoms with Crippen LogP contribution in [0.3, 0.4) is 0 Å². The molecular weight excluding hydrogens is 262 g/mol. The van der Waals surface area contributed by atoms with E-state index in [1.807, 2.05) is 0 Å². The molecule has 0 bridgehead atoms. The highest BCUT2D eigenvalue weighted by Crippen LogP contribution is 2.31. The van der Waals surface area contributed by atoms with Crippen molar-refractivity contribution in [1.29, 1.82) is 0 Å². The average molecular weight is 279 g/mol. The van der Waals surface area contributed by atoms with E-state index < -0.39 is 18.2 Å². The second kappa shape index (κ2) is 5.94. The van der Waals surface area contributed by atoms with E-state index in [9.17, 15) is 15.0 Å². The minimum Gasteiger partial charge on any atom is -0.493 e. The van der Waals surface area contributed by atoms with Crippen molar-refractivity contribution >= 4 is 11.7 Å². The van der Waals surface area contributed by atoms with Crippen LogP contribution in [0.1, 0.15) is 12.5 Å². The molecule has 2 rings (SSSR count). The second-order valence-corrected chi connectivity index (χ2v) is 4.49. The predicted molar refractivity (Wildman–Crippen MR) is 72.1 cm³/mol. The van der Waals surface area contributed by atoms with E-state index in [1.165, 1.54) is 0 Å². The van der Waals surface area contributed by atoms with Crippen molar-refractivity contribution in [2.75, 3.05) is 11.9 Å². The van der Waals surface area contributed by atoms with Crippen LogP contribution in [0.5, 0.6) is 0 Å². The monoisotopic (exact) mass is 279 g/mol. The van der Waals surface area contributed by atoms with Gasteiger partial charge in [0.15, 0.2) is 0 Å². The van der Waals surface area contributed by atoms with E-state index >= 15 is 0 Å². The first-order valence-corrected chi connectivity index (χ1v) is 6.33. The van der Waals surface area contributed by atoms with E-state index in [0.29, 0.717) is 29.3 Å². The van der Waals surface area contributed by atoms with Gasteiger partial charge in [0.2, 0.25) is 0 Å². The van der Waals surface area contributed by atoms with Gasteiger partial charge in [0.25, 0.3) is 0 Å². The Bertz CT molecular complexity index is 523. The van der Waals surface area contributed by atoms with E-state index in [1.54, 1.807) is 31.2 Å². The van der Waals surface area contributed by atoms with Crippen molar-refractivity contribution in [2.45, 2.75) is 25.6 Å². The lowest BCUT2D eigenvalue weighted by Gasteiger charge is -2.34. The van der Waals surface area contributed by atoms with Crippen molar-refractivity contribution in [2.24, 2.45) is 0 Å². The van der Waals surface area contributed by atoms with Gasteiger partial charge in [-0.3, -0.25) is 4.79 Å². The number of anilines is 1. The first kappa shape index (κ1) is 14.4. The third-order valence-corrected chi connectivity index (χ3v) is 3.02. The number of hydrogen-bond donors (Lipinski definition) is 4. The Labute approximate surface area is 116 Å². The topological polar surface area (TPSA) is 99.0 Å². The third kappa shape index (κ3) is 2.92. The van der Waals surface area contributed by atoms with E-state index in [4.69, 9.17) is 9.84 Å². The normalized spacial score (nSPS) is 21.4. The van der Waals surface area contributed by atoms with E-state index in [2.05, 4.69) is 5.32 Å². The molecular formula is C14H17NO5. The van der Waals surface area contributed by atoms with Crippen LogP contribution in [-0.4, -0.2) is 40.1 Å². The maximum absolute atomic E-state index is 10.6. The highest BCUT2D eigenvalue weighted by atomic mass is 16.5. The van der Waals surface area contributed by atoms with Crippen molar-refractivity contribution in [3.05, 3.63) is 41.3 Å². The Kier molecular flexibility index (Phi) is 4.26. The smallest absolute Gasteiger partial charge is 0.307 e. The highest BCUT2D eigenvalue weighted by Gasteiger charge is 2.40. The van der Waals surface area contributed by atoms with Crippen LogP contribution in [0.15, 0.2) is 35.7 Å². The lowest BCUT2D eigenvalue weighted by Crippen LogP contribution is -2.44. The minimum atomic E-state index is -0.997. The zero-order valence-corrected chi connectivity index (χ0v) is 11.0. The van der Waals surface area contributed by atoms with Crippen LogP contribution >= 0.6 is 0 Å². The molecule has 0 amide bonds. The molecule has 0 fully saturated rings. The molecule has 1 aromatic rings. The number of aliphatic hydroxyl groups excluding tert-OH is 2. The number of aliphatic carboxylic acids is 1. The first-order valence-electron chi connectivity index (χ1n) is 6.33. The molecule has 6 nitrogen and oxygen atoms in total. The number of rotatable bonds is 6. The first-order chi connectivity index (χ1) is 9.52. The summed E-state index contributed by atoms with van der Waals surface area (Å²) >= 11 is 0. The van der Waals surface area contributed by atoms with Crippen LogP contribution in [0.25, 0.3) is 0 Å². The second-order valence-electron chi connectivity index (χ2n) is 4.49. The summed E-state index contributed by atoms with van der Waals surface area (Å²) in [7, 11) is 0. The van der Waals surface area contributed by atoms with Crippen LogP contribution in [-0.2, 0) is 16.0 Å². The summed E-state index contributed by atoms with van der Waals surface area (Å²) in [5, 5.41) is 30.9. The Hall–Kier alpha value is -2.05. The standard InChI is InChI=1S/C14H17NO5/c1-2-20-14-11(12(18)13(14)19)15-9-5-3-8(4-6-9)7-10(16)17/h3-6,12-13,15,18-19H,2,7H2,1H3,(H,16,17). The Morgan fingerprint density at radius 1 is 1.25 bits per heavy atom. The van der Waals surface area contributed by atoms with Crippen LogP contribution in [0, 0.1) is 0 Å². The molecule has 0 aliphatic heterocycles. The molecule has 0 radical (unpaired) electrons. The summed E-state index contributed by atoms with van der Waals surface area (Å²) in [5.41, 5.74) is 1.82. The Morgan fingerprint density at radius 2 is 1.90 bits per heavy atom. The maximum atomic E-state index is 10.6. The van der Waals surface area contributed by atoms with Gasteiger partial charge in [-0.1, -0.05) is 12.1 Å². The summed E-state index contributed by atoms with van der Waals surface area (Å²) in [6.07, 6.45) is -2.02. The molecule has 108 valence electrons. The van der Waals surface area contributed by atoms with Gasteiger partial charge in [-0.25, -0.2) is 0 Å². The van der Waals surface area contributed by atoms with Crippen molar-refractivity contribution in [3.63, 3.8) is 0 Å². The Balaban J connectivity index is 2.08. The zero-order valence-electron chi connectivity index (χ0n) is 11.0. The number of nitrogens with one attached hydrogen (secondary N) is 1. The molecule has 1 aliphatic rings. The maximum Gasteiger partial charge on any atom is 0.307 e. The van der Waals surface area contributed by atoms with Gasteiger partial charge in [0.1, 0.15) is 18.0 Å². The summed E-state index contributed by atoms with van der Waals surface area (Å²) in [5.74, 6) is -0.542. The number of hydrogen-bond acceptors (Lipinski definition) is 5. The van der Waals surface area contributed by atoms with Crippen molar-refractivity contribution in [1.82, 2.24) is 0 Å². The van der Waals surface area contributed by atoms with Crippen LogP contribution < -0.4 is 5.32 Å². The molecule has 0 saturated heterocycles. The fourth-order valence-electron chi connectivity index (χ4n) is 2.00. The van der Waals surface area contributed by atoms with Crippen molar-refractivity contribution < 1.29 is 24.9 Å². The van der Waals surface area contributed by atoms with Gasteiger partial charge >= 0.3 is 5.97 Å². The summed E-state index contributed by atoms with van der Waals surface area (Å²) in [4.78, 5) is 10.6. The number of carboxylic acids is 1. The third-order valence-electron chi connectivity index (χ3n) is 3.02. The lowest BCUT2D eigenvalue weighted by molar-refractivity contribution is -0.136. The van der Waals surface area contributed by atoms with Crippen molar-refractivity contribution in [3.8, 4) is 0 Å². The molecule has 0 heterocycles. The minimum absolute atomic E-state index is 0.0332.